The van der Waals surface area contributed by atoms with E-state index in [4.69, 9.17) is 4.74 Å². The van der Waals surface area contributed by atoms with E-state index in [-0.39, 0.29) is 11.8 Å². The highest BCUT2D eigenvalue weighted by Crippen LogP contribution is 2.23. The molecule has 0 saturated heterocycles. The number of amides is 2. The molecule has 1 aliphatic heterocycles. The van der Waals surface area contributed by atoms with Crippen LogP contribution in [0.3, 0.4) is 0 Å². The third-order valence-corrected chi connectivity index (χ3v) is 4.14. The number of aryl methyl sites for hydroxylation is 1. The van der Waals surface area contributed by atoms with Crippen LogP contribution in [-0.2, 0) is 17.6 Å². The Morgan fingerprint density at radius 2 is 2.04 bits per heavy atom. The number of benzene rings is 2. The van der Waals surface area contributed by atoms with Crippen molar-refractivity contribution in [3.63, 3.8) is 0 Å². The minimum Gasteiger partial charge on any atom is -0.496 e. The Bertz CT molecular complexity index is 771. The number of fused-ring (bicyclic) bond motifs is 1. The molecule has 0 fully saturated rings. The van der Waals surface area contributed by atoms with Gasteiger partial charge in [0.2, 0.25) is 5.91 Å². The van der Waals surface area contributed by atoms with Gasteiger partial charge in [-0.15, -0.1) is 0 Å². The van der Waals surface area contributed by atoms with Crippen molar-refractivity contribution in [3.05, 3.63) is 59.2 Å². The van der Waals surface area contributed by atoms with Crippen LogP contribution in [0.2, 0.25) is 0 Å². The van der Waals surface area contributed by atoms with Crippen LogP contribution in [0.25, 0.3) is 0 Å². The van der Waals surface area contributed by atoms with Gasteiger partial charge in [0.1, 0.15) is 5.75 Å². The molecule has 0 atom stereocenters. The number of rotatable bonds is 5. The third kappa shape index (κ3) is 3.56. The summed E-state index contributed by atoms with van der Waals surface area (Å²) in [7, 11) is 1.64. The summed E-state index contributed by atoms with van der Waals surface area (Å²) in [5.41, 5.74) is 3.49. The van der Waals surface area contributed by atoms with E-state index >= 15 is 0 Å². The van der Waals surface area contributed by atoms with Gasteiger partial charge in [0.25, 0.3) is 5.91 Å². The number of hydrogen-bond acceptors (Lipinski definition) is 3. The fraction of sp³-hybridized carbons (Fsp3) is 0.263. The normalized spacial score (nSPS) is 13.0. The van der Waals surface area contributed by atoms with Crippen LogP contribution in [0.1, 0.15) is 27.9 Å². The molecule has 0 unspecified atom stereocenters. The van der Waals surface area contributed by atoms with E-state index in [0.717, 1.165) is 22.6 Å². The van der Waals surface area contributed by atoms with Crippen LogP contribution < -0.4 is 15.4 Å². The molecule has 2 amide bonds. The van der Waals surface area contributed by atoms with Crippen molar-refractivity contribution in [2.24, 2.45) is 0 Å². The molecule has 2 N–H and O–H groups in total. The first-order valence-electron chi connectivity index (χ1n) is 8.00. The zero-order valence-corrected chi connectivity index (χ0v) is 13.6. The quantitative estimate of drug-likeness (QED) is 0.888. The van der Waals surface area contributed by atoms with Crippen molar-refractivity contribution in [1.29, 1.82) is 0 Å². The Hall–Kier alpha value is -2.82. The first-order valence-corrected chi connectivity index (χ1v) is 8.00. The summed E-state index contributed by atoms with van der Waals surface area (Å²) in [6.07, 6.45) is 1.84. The van der Waals surface area contributed by atoms with Crippen molar-refractivity contribution in [1.82, 2.24) is 5.32 Å². The van der Waals surface area contributed by atoms with Crippen LogP contribution in [0.4, 0.5) is 5.69 Å². The highest BCUT2D eigenvalue weighted by Gasteiger charge is 2.16. The molecule has 0 aromatic heterocycles. The number of hydrogen-bond donors (Lipinski definition) is 2. The Morgan fingerprint density at radius 1 is 1.21 bits per heavy atom. The fourth-order valence-electron chi connectivity index (χ4n) is 2.85. The number of carbonyl (C=O) groups is 2. The molecule has 2 aromatic rings. The zero-order chi connectivity index (χ0) is 16.9. The maximum absolute atomic E-state index is 12.3. The molecule has 124 valence electrons. The summed E-state index contributed by atoms with van der Waals surface area (Å²) in [5, 5.41) is 5.75. The highest BCUT2D eigenvalue weighted by molar-refractivity contribution is 5.97. The largest absolute Gasteiger partial charge is 0.496 e. The number of methoxy groups -OCH3 is 1. The van der Waals surface area contributed by atoms with Crippen LogP contribution in [0.15, 0.2) is 42.5 Å². The molecule has 0 radical (unpaired) electrons. The smallest absolute Gasteiger partial charge is 0.251 e. The lowest BCUT2D eigenvalue weighted by Gasteiger charge is -2.17. The van der Waals surface area contributed by atoms with E-state index in [0.29, 0.717) is 31.4 Å². The van der Waals surface area contributed by atoms with Gasteiger partial charge in [0, 0.05) is 24.2 Å². The van der Waals surface area contributed by atoms with Gasteiger partial charge in [-0.25, -0.2) is 0 Å². The Labute approximate surface area is 141 Å². The van der Waals surface area contributed by atoms with Crippen LogP contribution in [-0.4, -0.2) is 25.5 Å². The van der Waals surface area contributed by atoms with E-state index in [1.165, 1.54) is 0 Å². The molecule has 0 saturated carbocycles. The molecule has 24 heavy (non-hydrogen) atoms. The number of anilines is 1. The monoisotopic (exact) mass is 324 g/mol. The number of carbonyl (C=O) groups excluding carboxylic acids is 2. The van der Waals surface area contributed by atoms with Crippen LogP contribution in [0.5, 0.6) is 5.75 Å². The predicted molar refractivity (Wildman–Crippen MR) is 92.4 cm³/mol. The fourth-order valence-corrected chi connectivity index (χ4v) is 2.85. The molecule has 2 aromatic carbocycles. The topological polar surface area (TPSA) is 67.4 Å². The van der Waals surface area contributed by atoms with Crippen molar-refractivity contribution in [2.75, 3.05) is 19.0 Å². The summed E-state index contributed by atoms with van der Waals surface area (Å²) >= 11 is 0. The molecule has 5 nitrogen and oxygen atoms in total. The van der Waals surface area contributed by atoms with E-state index in [9.17, 15) is 9.59 Å². The number of para-hydroxylation sites is 1. The van der Waals surface area contributed by atoms with Gasteiger partial charge in [-0.2, -0.15) is 0 Å². The summed E-state index contributed by atoms with van der Waals surface area (Å²) in [6.45, 7) is 0.535. The first kappa shape index (κ1) is 16.1. The second kappa shape index (κ2) is 7.17. The maximum Gasteiger partial charge on any atom is 0.251 e. The van der Waals surface area contributed by atoms with Gasteiger partial charge in [-0.05, 0) is 48.2 Å². The average Bonchev–Trinajstić information content (AvgIpc) is 2.61. The zero-order valence-electron chi connectivity index (χ0n) is 13.6. The molecule has 0 spiro atoms. The minimum atomic E-state index is -0.107. The average molecular weight is 324 g/mol. The number of ether oxygens (including phenoxy) is 1. The van der Waals surface area contributed by atoms with Gasteiger partial charge in [0.15, 0.2) is 0 Å². The second-order valence-corrected chi connectivity index (χ2v) is 5.74. The second-order valence-electron chi connectivity index (χ2n) is 5.74. The van der Waals surface area contributed by atoms with E-state index in [1.807, 2.05) is 30.3 Å². The SMILES string of the molecule is COc1ccccc1CCNC(=O)c1ccc2c(c1)CCC(=O)N2. The number of nitrogens with one attached hydrogen (secondary N) is 2. The maximum atomic E-state index is 12.3. The highest BCUT2D eigenvalue weighted by atomic mass is 16.5. The van der Waals surface area contributed by atoms with E-state index in [1.54, 1.807) is 19.2 Å². The van der Waals surface area contributed by atoms with Gasteiger partial charge in [-0.1, -0.05) is 18.2 Å². The Balaban J connectivity index is 1.60. The Kier molecular flexibility index (Phi) is 4.79. The lowest BCUT2D eigenvalue weighted by atomic mass is 10.00. The van der Waals surface area contributed by atoms with Crippen molar-refractivity contribution in [2.45, 2.75) is 19.3 Å². The molecule has 0 aliphatic carbocycles. The predicted octanol–water partition coefficient (Wildman–Crippen LogP) is 2.55. The lowest BCUT2D eigenvalue weighted by molar-refractivity contribution is -0.116. The summed E-state index contributed by atoms with van der Waals surface area (Å²) in [4.78, 5) is 23.7. The molecular weight excluding hydrogens is 304 g/mol. The lowest BCUT2D eigenvalue weighted by Crippen LogP contribution is -2.26. The van der Waals surface area contributed by atoms with Gasteiger partial charge < -0.3 is 15.4 Å². The van der Waals surface area contributed by atoms with Crippen LogP contribution >= 0.6 is 0 Å². The Morgan fingerprint density at radius 3 is 2.88 bits per heavy atom. The first-order chi connectivity index (χ1) is 11.7. The van der Waals surface area contributed by atoms with Crippen LogP contribution in [0, 0.1) is 0 Å². The molecule has 5 heteroatoms. The van der Waals surface area contributed by atoms with E-state index in [2.05, 4.69) is 10.6 Å². The summed E-state index contributed by atoms with van der Waals surface area (Å²) in [6, 6.07) is 13.2. The molecule has 3 rings (SSSR count). The van der Waals surface area contributed by atoms with E-state index < -0.39 is 0 Å². The standard InChI is InChI=1S/C19H20N2O3/c1-24-17-5-3-2-4-13(17)10-11-20-19(23)15-6-8-16-14(12-15)7-9-18(22)21-16/h2-6,8,12H,7,9-11H2,1H3,(H,20,23)(H,21,22). The van der Waals surface area contributed by atoms with Gasteiger partial charge >= 0.3 is 0 Å². The van der Waals surface area contributed by atoms with Gasteiger partial charge in [0.05, 0.1) is 7.11 Å². The molecule has 1 heterocycles. The van der Waals surface area contributed by atoms with Crippen molar-refractivity contribution in [3.8, 4) is 5.75 Å². The summed E-state index contributed by atoms with van der Waals surface area (Å²) < 4.78 is 5.31. The van der Waals surface area contributed by atoms with Crippen molar-refractivity contribution < 1.29 is 14.3 Å². The minimum absolute atomic E-state index is 0.0245. The third-order valence-electron chi connectivity index (χ3n) is 4.14. The molecule has 0 bridgehead atoms. The molecular formula is C19H20N2O3. The van der Waals surface area contributed by atoms with Gasteiger partial charge in [-0.3, -0.25) is 9.59 Å². The van der Waals surface area contributed by atoms with Crippen molar-refractivity contribution >= 4 is 17.5 Å². The summed E-state index contributed by atoms with van der Waals surface area (Å²) in [5.74, 6) is 0.748. The molecule has 1 aliphatic rings.